The van der Waals surface area contributed by atoms with Gasteiger partial charge in [-0.3, -0.25) is 19.2 Å². The van der Waals surface area contributed by atoms with E-state index in [1.165, 1.54) is 0 Å². The van der Waals surface area contributed by atoms with Gasteiger partial charge in [-0.05, 0) is 44.9 Å². The number of hydrogen-bond acceptors (Lipinski definition) is 6. The highest BCUT2D eigenvalue weighted by atomic mass is 16.5. The number of esters is 2. The maximum atomic E-state index is 12.3. The van der Waals surface area contributed by atoms with Crippen molar-refractivity contribution in [3.63, 3.8) is 0 Å². The second-order valence-corrected chi connectivity index (χ2v) is 8.08. The van der Waals surface area contributed by atoms with Gasteiger partial charge in [0.05, 0.1) is 36.9 Å². The number of ether oxygens (including phenoxy) is 2. The summed E-state index contributed by atoms with van der Waals surface area (Å²) in [6, 6.07) is 0. The van der Waals surface area contributed by atoms with Crippen LogP contribution in [0.1, 0.15) is 46.0 Å². The number of carbonyl (C=O) groups excluding carboxylic acids is 2. The van der Waals surface area contributed by atoms with Crippen LogP contribution >= 0.6 is 0 Å². The van der Waals surface area contributed by atoms with Gasteiger partial charge in [0.25, 0.3) is 0 Å². The number of allylic oxidation sites excluding steroid dienone is 4. The molecule has 0 fully saturated rings. The second-order valence-electron chi connectivity index (χ2n) is 8.08. The van der Waals surface area contributed by atoms with Crippen molar-refractivity contribution in [3.8, 4) is 0 Å². The summed E-state index contributed by atoms with van der Waals surface area (Å²) in [6.07, 6.45) is 7.45. The molecule has 2 aliphatic carbocycles. The van der Waals surface area contributed by atoms with E-state index < -0.39 is 47.5 Å². The van der Waals surface area contributed by atoms with Crippen molar-refractivity contribution >= 4 is 23.9 Å². The first-order valence-electron chi connectivity index (χ1n) is 10.3. The van der Waals surface area contributed by atoms with Crippen LogP contribution in [0.15, 0.2) is 23.8 Å². The summed E-state index contributed by atoms with van der Waals surface area (Å²) >= 11 is 0. The fourth-order valence-corrected chi connectivity index (χ4v) is 4.06. The molecule has 2 aliphatic rings. The summed E-state index contributed by atoms with van der Waals surface area (Å²) < 4.78 is 10.5. The minimum Gasteiger partial charge on any atom is -0.481 e. The molecular weight excluding hydrogens is 392 g/mol. The van der Waals surface area contributed by atoms with E-state index in [9.17, 15) is 29.4 Å². The molecule has 8 heteroatoms. The Morgan fingerprint density at radius 2 is 1.53 bits per heavy atom. The van der Waals surface area contributed by atoms with Gasteiger partial charge < -0.3 is 19.7 Å². The smallest absolute Gasteiger partial charge is 0.310 e. The van der Waals surface area contributed by atoms with Gasteiger partial charge in [0.1, 0.15) is 0 Å². The molecule has 0 spiro atoms. The van der Waals surface area contributed by atoms with Gasteiger partial charge in [-0.15, -0.1) is 0 Å². The number of aliphatic carboxylic acids is 2. The van der Waals surface area contributed by atoms with E-state index in [1.807, 2.05) is 19.1 Å². The first kappa shape index (κ1) is 23.6. The first-order chi connectivity index (χ1) is 14.2. The van der Waals surface area contributed by atoms with Crippen LogP contribution in [-0.2, 0) is 28.7 Å². The Kier molecular flexibility index (Phi) is 8.62. The summed E-state index contributed by atoms with van der Waals surface area (Å²) in [6.45, 7) is 3.84. The molecule has 0 aromatic carbocycles. The molecule has 0 bridgehead atoms. The summed E-state index contributed by atoms with van der Waals surface area (Å²) in [4.78, 5) is 47.3. The lowest BCUT2D eigenvalue weighted by molar-refractivity contribution is -0.160. The monoisotopic (exact) mass is 422 g/mol. The molecule has 8 nitrogen and oxygen atoms in total. The van der Waals surface area contributed by atoms with Crippen molar-refractivity contribution in [3.05, 3.63) is 23.8 Å². The molecule has 0 radical (unpaired) electrons. The Bertz CT molecular complexity index is 723. The van der Waals surface area contributed by atoms with Gasteiger partial charge in [-0.2, -0.15) is 0 Å². The number of carboxylic acid groups (broad SMARTS) is 2. The van der Waals surface area contributed by atoms with Crippen LogP contribution in [0.4, 0.5) is 0 Å². The Morgan fingerprint density at radius 1 is 0.933 bits per heavy atom. The molecule has 30 heavy (non-hydrogen) atoms. The molecule has 0 amide bonds. The standard InChI is InChI=1S/C22H30O8/c1-13-8-9-15(17(12-13)19(23)24)21(27)29-10-3-4-11-30-22(28)16-7-5-6-14(2)18(16)20(25)26/h5-6,8,14-18H,3-4,7,9-12H2,1-2H3,(H,23,24)(H,25,26). The van der Waals surface area contributed by atoms with Crippen molar-refractivity contribution in [2.24, 2.45) is 29.6 Å². The van der Waals surface area contributed by atoms with Gasteiger partial charge in [0, 0.05) is 0 Å². The average molecular weight is 422 g/mol. The van der Waals surface area contributed by atoms with Crippen LogP contribution in [0.25, 0.3) is 0 Å². The molecule has 0 saturated heterocycles. The molecule has 0 aliphatic heterocycles. The van der Waals surface area contributed by atoms with E-state index in [1.54, 1.807) is 13.0 Å². The minimum atomic E-state index is -1.01. The van der Waals surface area contributed by atoms with Gasteiger partial charge in [-0.1, -0.05) is 30.7 Å². The van der Waals surface area contributed by atoms with E-state index >= 15 is 0 Å². The van der Waals surface area contributed by atoms with Crippen LogP contribution in [-0.4, -0.2) is 47.3 Å². The quantitative estimate of drug-likeness (QED) is 0.330. The molecule has 0 heterocycles. The zero-order valence-corrected chi connectivity index (χ0v) is 17.4. The zero-order chi connectivity index (χ0) is 22.3. The largest absolute Gasteiger partial charge is 0.481 e. The molecule has 0 saturated carbocycles. The van der Waals surface area contributed by atoms with Crippen LogP contribution in [0, 0.1) is 29.6 Å². The van der Waals surface area contributed by atoms with Crippen molar-refractivity contribution in [2.45, 2.75) is 46.0 Å². The Morgan fingerprint density at radius 3 is 2.10 bits per heavy atom. The third kappa shape index (κ3) is 6.18. The van der Waals surface area contributed by atoms with Gasteiger partial charge in [0.15, 0.2) is 0 Å². The predicted octanol–water partition coefficient (Wildman–Crippen LogP) is 2.82. The number of hydrogen-bond donors (Lipinski definition) is 2. The SMILES string of the molecule is CC1=CCC(C(=O)OCCCCOC(=O)C2CC=CC(C)C2C(=O)O)C(C(=O)O)C1. The highest BCUT2D eigenvalue weighted by Crippen LogP contribution is 2.32. The van der Waals surface area contributed by atoms with Crippen molar-refractivity contribution in [1.29, 1.82) is 0 Å². The molecule has 5 atom stereocenters. The number of carbonyl (C=O) groups is 4. The fraction of sp³-hybridized carbons (Fsp3) is 0.636. The van der Waals surface area contributed by atoms with E-state index in [2.05, 4.69) is 0 Å². The van der Waals surface area contributed by atoms with E-state index in [-0.39, 0.29) is 19.1 Å². The number of rotatable bonds is 9. The van der Waals surface area contributed by atoms with Crippen molar-refractivity contribution in [2.75, 3.05) is 13.2 Å². The molecule has 0 aromatic rings. The molecule has 0 aromatic heterocycles. The van der Waals surface area contributed by atoms with E-state index in [4.69, 9.17) is 9.47 Å². The summed E-state index contributed by atoms with van der Waals surface area (Å²) in [5, 5.41) is 18.7. The van der Waals surface area contributed by atoms with Gasteiger partial charge in [-0.25, -0.2) is 0 Å². The van der Waals surface area contributed by atoms with E-state index in [0.717, 1.165) is 5.57 Å². The maximum absolute atomic E-state index is 12.3. The van der Waals surface area contributed by atoms with Gasteiger partial charge in [0.2, 0.25) is 0 Å². The Labute approximate surface area is 175 Å². The minimum absolute atomic E-state index is 0.112. The number of carboxylic acids is 2. The average Bonchev–Trinajstić information content (AvgIpc) is 2.69. The second kappa shape index (κ2) is 10.9. The highest BCUT2D eigenvalue weighted by Gasteiger charge is 2.39. The van der Waals surface area contributed by atoms with Crippen LogP contribution in [0.2, 0.25) is 0 Å². The lowest BCUT2D eigenvalue weighted by atomic mass is 9.76. The molecule has 2 N–H and O–H groups in total. The van der Waals surface area contributed by atoms with Crippen molar-refractivity contribution in [1.82, 2.24) is 0 Å². The predicted molar refractivity (Wildman–Crippen MR) is 106 cm³/mol. The lowest BCUT2D eigenvalue weighted by Gasteiger charge is -2.28. The zero-order valence-electron chi connectivity index (χ0n) is 17.4. The number of unbranched alkanes of at least 4 members (excludes halogenated alkanes) is 1. The third-order valence-corrected chi connectivity index (χ3v) is 5.81. The van der Waals surface area contributed by atoms with Crippen molar-refractivity contribution < 1.29 is 38.9 Å². The summed E-state index contributed by atoms with van der Waals surface area (Å²) in [7, 11) is 0. The first-order valence-corrected chi connectivity index (χ1v) is 10.3. The summed E-state index contributed by atoms with van der Waals surface area (Å²) in [5.41, 5.74) is 0.959. The highest BCUT2D eigenvalue weighted by molar-refractivity contribution is 5.82. The fourth-order valence-electron chi connectivity index (χ4n) is 4.06. The molecule has 2 rings (SSSR count). The van der Waals surface area contributed by atoms with E-state index in [0.29, 0.717) is 32.1 Å². The molecular formula is C22H30O8. The molecule has 5 unspecified atom stereocenters. The normalized spacial score (nSPS) is 28.3. The van der Waals surface area contributed by atoms with Crippen LogP contribution in [0.5, 0.6) is 0 Å². The topological polar surface area (TPSA) is 127 Å². The summed E-state index contributed by atoms with van der Waals surface area (Å²) in [5.74, 6) is -6.22. The Balaban J connectivity index is 1.70. The third-order valence-electron chi connectivity index (χ3n) is 5.81. The van der Waals surface area contributed by atoms with Gasteiger partial charge >= 0.3 is 23.9 Å². The van der Waals surface area contributed by atoms with Crippen LogP contribution in [0.3, 0.4) is 0 Å². The Hall–Kier alpha value is -2.64. The molecule has 166 valence electrons. The maximum Gasteiger partial charge on any atom is 0.310 e. The van der Waals surface area contributed by atoms with Crippen LogP contribution < -0.4 is 0 Å². The lowest BCUT2D eigenvalue weighted by Crippen LogP contribution is -2.36.